The van der Waals surface area contributed by atoms with Crippen molar-refractivity contribution in [3.63, 3.8) is 0 Å². The molecule has 0 fully saturated rings. The molecule has 0 radical (unpaired) electrons. The van der Waals surface area contributed by atoms with Gasteiger partial charge in [0.05, 0.1) is 5.92 Å². The van der Waals surface area contributed by atoms with Crippen molar-refractivity contribution in [2.45, 2.75) is 19.3 Å². The summed E-state index contributed by atoms with van der Waals surface area (Å²) in [7, 11) is 0. The molecule has 17 heavy (non-hydrogen) atoms. The molecule has 0 aliphatic heterocycles. The van der Waals surface area contributed by atoms with Crippen LogP contribution in [-0.2, 0) is 14.4 Å². The molecule has 0 heterocycles. The quantitative estimate of drug-likeness (QED) is 0.714. The zero-order valence-electron chi connectivity index (χ0n) is 9.68. The number of nitrogens with one attached hydrogen (secondary N) is 1. The van der Waals surface area contributed by atoms with Crippen LogP contribution in [0.15, 0.2) is 30.3 Å². The van der Waals surface area contributed by atoms with Gasteiger partial charge in [-0.15, -0.1) is 0 Å². The molecule has 1 atom stereocenters. The molecule has 0 aliphatic rings. The third-order valence-corrected chi connectivity index (χ3v) is 2.31. The largest absolute Gasteiger partial charge is 0.368 e. The second-order valence-corrected chi connectivity index (χ2v) is 3.59. The highest BCUT2D eigenvalue weighted by Gasteiger charge is 2.18. The Hall–Kier alpha value is -1.88. The Kier molecular flexibility index (Phi) is 5.16. The third-order valence-electron chi connectivity index (χ3n) is 2.31. The van der Waals surface area contributed by atoms with Crippen molar-refractivity contribution in [3.8, 4) is 0 Å². The van der Waals surface area contributed by atoms with Gasteiger partial charge >= 0.3 is 0 Å². The van der Waals surface area contributed by atoms with Gasteiger partial charge in [-0.25, -0.2) is 5.48 Å². The lowest BCUT2D eigenvalue weighted by Gasteiger charge is -2.14. The Bertz CT molecular complexity index is 379. The van der Waals surface area contributed by atoms with Gasteiger partial charge in [0.2, 0.25) is 5.91 Å². The summed E-state index contributed by atoms with van der Waals surface area (Å²) >= 11 is 0. The van der Waals surface area contributed by atoms with E-state index in [0.29, 0.717) is 6.42 Å². The van der Waals surface area contributed by atoms with Crippen LogP contribution in [0.3, 0.4) is 0 Å². The normalized spacial score (nSPS) is 11.8. The molecule has 1 aromatic rings. The fourth-order valence-corrected chi connectivity index (χ4v) is 1.51. The predicted molar refractivity (Wildman–Crippen MR) is 62.8 cm³/mol. The van der Waals surface area contributed by atoms with Gasteiger partial charge in [-0.2, -0.15) is 0 Å². The van der Waals surface area contributed by atoms with Crippen molar-refractivity contribution in [1.82, 2.24) is 5.48 Å². The first kappa shape index (κ1) is 13.2. The van der Waals surface area contributed by atoms with E-state index < -0.39 is 5.91 Å². The average molecular weight is 236 g/mol. The molecule has 0 spiro atoms. The summed E-state index contributed by atoms with van der Waals surface area (Å²) in [6.07, 6.45) is 0.649. The number of carbonyl (C=O) groups is 2. The van der Waals surface area contributed by atoms with Crippen molar-refractivity contribution in [1.29, 1.82) is 0 Å². The van der Waals surface area contributed by atoms with Gasteiger partial charge in [0.15, 0.2) is 6.61 Å². The minimum absolute atomic E-state index is 0.278. The zero-order chi connectivity index (χ0) is 12.7. The molecule has 3 N–H and O–H groups in total. The highest BCUT2D eigenvalue weighted by molar-refractivity contribution is 5.83. The van der Waals surface area contributed by atoms with E-state index in [-0.39, 0.29) is 18.4 Å². The summed E-state index contributed by atoms with van der Waals surface area (Å²) in [6, 6.07) is 9.38. The Morgan fingerprint density at radius 1 is 1.35 bits per heavy atom. The van der Waals surface area contributed by atoms with Gasteiger partial charge in [0.25, 0.3) is 5.91 Å². The van der Waals surface area contributed by atoms with Crippen LogP contribution < -0.4 is 11.2 Å². The van der Waals surface area contributed by atoms with Crippen molar-refractivity contribution in [2.24, 2.45) is 5.73 Å². The van der Waals surface area contributed by atoms with Crippen molar-refractivity contribution in [2.75, 3.05) is 6.61 Å². The van der Waals surface area contributed by atoms with Gasteiger partial charge in [0.1, 0.15) is 0 Å². The Labute approximate surface area is 99.9 Å². The number of hydrogen-bond donors (Lipinski definition) is 2. The predicted octanol–water partition coefficient (Wildman–Crippen LogP) is 0.713. The van der Waals surface area contributed by atoms with Crippen LogP contribution in [0.1, 0.15) is 24.8 Å². The molecule has 0 saturated carbocycles. The van der Waals surface area contributed by atoms with Crippen LogP contribution in [0.2, 0.25) is 0 Å². The standard InChI is InChI=1S/C12H16N2O3/c1-2-10(9-6-4-3-5-7-9)12(16)14-17-8-11(13)15/h3-7,10H,2,8H2,1H3,(H2,13,15)(H,14,16). The number of primary amides is 1. The fourth-order valence-electron chi connectivity index (χ4n) is 1.51. The highest BCUT2D eigenvalue weighted by Crippen LogP contribution is 2.18. The minimum atomic E-state index is -0.627. The van der Waals surface area contributed by atoms with E-state index in [1.807, 2.05) is 37.3 Å². The van der Waals surface area contributed by atoms with Gasteiger partial charge in [-0.05, 0) is 12.0 Å². The Morgan fingerprint density at radius 3 is 2.53 bits per heavy atom. The maximum Gasteiger partial charge on any atom is 0.251 e. The number of amides is 2. The molecule has 0 aliphatic carbocycles. The monoisotopic (exact) mass is 236 g/mol. The van der Waals surface area contributed by atoms with Crippen LogP contribution in [0.4, 0.5) is 0 Å². The van der Waals surface area contributed by atoms with Gasteiger partial charge in [0, 0.05) is 0 Å². The van der Waals surface area contributed by atoms with E-state index in [0.717, 1.165) is 5.56 Å². The van der Waals surface area contributed by atoms with E-state index in [2.05, 4.69) is 10.3 Å². The summed E-state index contributed by atoms with van der Waals surface area (Å²) in [6.45, 7) is 1.59. The topological polar surface area (TPSA) is 81.4 Å². The molecular formula is C12H16N2O3. The second-order valence-electron chi connectivity index (χ2n) is 3.59. The Balaban J connectivity index is 2.56. The molecule has 2 amide bonds. The molecular weight excluding hydrogens is 220 g/mol. The zero-order valence-corrected chi connectivity index (χ0v) is 9.68. The van der Waals surface area contributed by atoms with E-state index in [4.69, 9.17) is 5.73 Å². The smallest absolute Gasteiger partial charge is 0.251 e. The first-order valence-electron chi connectivity index (χ1n) is 5.40. The first-order chi connectivity index (χ1) is 8.15. The van der Waals surface area contributed by atoms with Crippen molar-refractivity contribution in [3.05, 3.63) is 35.9 Å². The number of benzene rings is 1. The van der Waals surface area contributed by atoms with Crippen LogP contribution in [0.25, 0.3) is 0 Å². The molecule has 5 heteroatoms. The van der Waals surface area contributed by atoms with Crippen LogP contribution in [0.5, 0.6) is 0 Å². The SMILES string of the molecule is CCC(C(=O)NOCC(N)=O)c1ccccc1. The lowest BCUT2D eigenvalue weighted by atomic mass is 9.96. The lowest BCUT2D eigenvalue weighted by Crippen LogP contribution is -2.32. The number of hydroxylamine groups is 1. The summed E-state index contributed by atoms with van der Waals surface area (Å²) in [5, 5.41) is 0. The molecule has 0 bridgehead atoms. The van der Waals surface area contributed by atoms with E-state index in [1.54, 1.807) is 0 Å². The molecule has 1 aromatic carbocycles. The lowest BCUT2D eigenvalue weighted by molar-refractivity contribution is -0.139. The average Bonchev–Trinajstić information content (AvgIpc) is 2.31. The summed E-state index contributed by atoms with van der Waals surface area (Å²) < 4.78 is 0. The maximum absolute atomic E-state index is 11.8. The van der Waals surface area contributed by atoms with E-state index in [9.17, 15) is 9.59 Å². The van der Waals surface area contributed by atoms with Crippen LogP contribution in [0, 0.1) is 0 Å². The minimum Gasteiger partial charge on any atom is -0.368 e. The highest BCUT2D eigenvalue weighted by atomic mass is 16.7. The van der Waals surface area contributed by atoms with Gasteiger partial charge in [-0.3, -0.25) is 14.4 Å². The molecule has 1 unspecified atom stereocenters. The van der Waals surface area contributed by atoms with Crippen LogP contribution in [-0.4, -0.2) is 18.4 Å². The summed E-state index contributed by atoms with van der Waals surface area (Å²) in [5.74, 6) is -1.19. The van der Waals surface area contributed by atoms with Crippen molar-refractivity contribution < 1.29 is 14.4 Å². The van der Waals surface area contributed by atoms with Gasteiger partial charge < -0.3 is 5.73 Å². The second kappa shape index (κ2) is 6.65. The number of nitrogens with two attached hydrogens (primary N) is 1. The molecule has 0 saturated heterocycles. The van der Waals surface area contributed by atoms with E-state index in [1.165, 1.54) is 0 Å². The number of rotatable bonds is 6. The molecule has 92 valence electrons. The summed E-state index contributed by atoms with van der Waals surface area (Å²) in [4.78, 5) is 26.9. The van der Waals surface area contributed by atoms with Crippen LogP contribution >= 0.6 is 0 Å². The van der Waals surface area contributed by atoms with E-state index >= 15 is 0 Å². The molecule has 1 rings (SSSR count). The first-order valence-corrected chi connectivity index (χ1v) is 5.40. The number of carbonyl (C=O) groups excluding carboxylic acids is 2. The molecule has 0 aromatic heterocycles. The number of hydrogen-bond acceptors (Lipinski definition) is 3. The third kappa shape index (κ3) is 4.24. The fraction of sp³-hybridized carbons (Fsp3) is 0.333. The summed E-state index contributed by atoms with van der Waals surface area (Å²) in [5.41, 5.74) is 8.02. The Morgan fingerprint density at radius 2 is 2.00 bits per heavy atom. The maximum atomic E-state index is 11.8. The molecule has 5 nitrogen and oxygen atoms in total. The van der Waals surface area contributed by atoms with Gasteiger partial charge in [-0.1, -0.05) is 37.3 Å². The van der Waals surface area contributed by atoms with Crippen molar-refractivity contribution >= 4 is 11.8 Å².